The highest BCUT2D eigenvalue weighted by molar-refractivity contribution is 8.13. The van der Waals surface area contributed by atoms with E-state index in [1.165, 1.54) is 7.11 Å². The molecule has 1 rings (SSSR count). The van der Waals surface area contributed by atoms with E-state index in [1.807, 2.05) is 0 Å². The third-order valence-electron chi connectivity index (χ3n) is 2.03. The first-order valence-corrected chi connectivity index (χ1v) is 6.95. The third-order valence-corrected chi connectivity index (χ3v) is 3.40. The number of methoxy groups -OCH3 is 1. The van der Waals surface area contributed by atoms with E-state index in [9.17, 15) is 8.42 Å². The Balaban J connectivity index is 3.30. The molecule has 0 atom stereocenters. The highest BCUT2D eigenvalue weighted by Crippen LogP contribution is 2.30. The quantitative estimate of drug-likeness (QED) is 0.792. The summed E-state index contributed by atoms with van der Waals surface area (Å²) in [6.07, 6.45) is 0. The molecule has 0 radical (unpaired) electrons. The standard InChI is InChI=1S/C9H10Cl2O3S/c1-6-7(5-15(11,12)13)9(14-2)4-3-8(6)10/h3-4H,5H2,1-2H3. The topological polar surface area (TPSA) is 43.4 Å². The lowest BCUT2D eigenvalue weighted by Crippen LogP contribution is -2.01. The lowest BCUT2D eigenvalue weighted by Gasteiger charge is -2.11. The molecule has 0 fully saturated rings. The van der Waals surface area contributed by atoms with Gasteiger partial charge >= 0.3 is 0 Å². The van der Waals surface area contributed by atoms with E-state index < -0.39 is 9.05 Å². The maximum Gasteiger partial charge on any atom is 0.236 e. The average molecular weight is 269 g/mol. The molecule has 84 valence electrons. The van der Waals surface area contributed by atoms with E-state index in [-0.39, 0.29) is 5.75 Å². The summed E-state index contributed by atoms with van der Waals surface area (Å²) in [6, 6.07) is 3.27. The van der Waals surface area contributed by atoms with Crippen molar-refractivity contribution in [2.24, 2.45) is 0 Å². The number of hydrogen-bond donors (Lipinski definition) is 0. The Morgan fingerprint density at radius 2 is 2.00 bits per heavy atom. The van der Waals surface area contributed by atoms with E-state index >= 15 is 0 Å². The first kappa shape index (κ1) is 12.6. The Hall–Kier alpha value is -0.450. The van der Waals surface area contributed by atoms with E-state index in [0.717, 1.165) is 0 Å². The van der Waals surface area contributed by atoms with Gasteiger partial charge in [0, 0.05) is 21.3 Å². The van der Waals surface area contributed by atoms with Crippen LogP contribution < -0.4 is 4.74 Å². The predicted octanol–water partition coefficient (Wildman–Crippen LogP) is 2.73. The van der Waals surface area contributed by atoms with Crippen molar-refractivity contribution in [2.75, 3.05) is 7.11 Å². The van der Waals surface area contributed by atoms with E-state index in [2.05, 4.69) is 0 Å². The molecule has 0 aliphatic carbocycles. The van der Waals surface area contributed by atoms with Gasteiger partial charge in [-0.15, -0.1) is 0 Å². The van der Waals surface area contributed by atoms with Crippen molar-refractivity contribution in [3.05, 3.63) is 28.3 Å². The molecule has 0 heterocycles. The zero-order chi connectivity index (χ0) is 11.6. The molecule has 1 aromatic carbocycles. The molecule has 0 saturated heterocycles. The summed E-state index contributed by atoms with van der Waals surface area (Å²) in [7, 11) is 3.04. The molecule has 0 aliphatic heterocycles. The Bertz CT molecular complexity index is 468. The van der Waals surface area contributed by atoms with Gasteiger partial charge in [-0.1, -0.05) is 11.6 Å². The summed E-state index contributed by atoms with van der Waals surface area (Å²) in [5, 5.41) is 0.492. The predicted molar refractivity (Wildman–Crippen MR) is 61.2 cm³/mol. The minimum Gasteiger partial charge on any atom is -0.496 e. The second kappa shape index (κ2) is 4.60. The van der Waals surface area contributed by atoms with Gasteiger partial charge in [0.1, 0.15) is 5.75 Å². The molecule has 0 spiro atoms. The van der Waals surface area contributed by atoms with Crippen molar-refractivity contribution in [3.8, 4) is 5.75 Å². The molecule has 0 bridgehead atoms. The normalized spacial score (nSPS) is 11.5. The van der Waals surface area contributed by atoms with Crippen LogP contribution >= 0.6 is 22.3 Å². The summed E-state index contributed by atoms with van der Waals surface area (Å²) in [5.41, 5.74) is 1.17. The minimum absolute atomic E-state index is 0.288. The molecule has 0 aliphatic rings. The molecule has 0 amide bonds. The summed E-state index contributed by atoms with van der Waals surface area (Å²) >= 11 is 5.88. The molecule has 0 saturated carbocycles. The van der Waals surface area contributed by atoms with Crippen LogP contribution in [0, 0.1) is 6.92 Å². The smallest absolute Gasteiger partial charge is 0.236 e. The van der Waals surface area contributed by atoms with Gasteiger partial charge in [-0.3, -0.25) is 0 Å². The average Bonchev–Trinajstić information content (AvgIpc) is 2.11. The molecular formula is C9H10Cl2O3S. The monoisotopic (exact) mass is 268 g/mol. The summed E-state index contributed by atoms with van der Waals surface area (Å²) in [6.45, 7) is 1.72. The Kier molecular flexibility index (Phi) is 3.87. The fraction of sp³-hybridized carbons (Fsp3) is 0.333. The fourth-order valence-corrected chi connectivity index (χ4v) is 2.45. The van der Waals surface area contributed by atoms with E-state index in [1.54, 1.807) is 19.1 Å². The first-order valence-electron chi connectivity index (χ1n) is 4.09. The van der Waals surface area contributed by atoms with Crippen LogP contribution in [0.5, 0.6) is 5.75 Å². The Morgan fingerprint density at radius 3 is 2.47 bits per heavy atom. The van der Waals surface area contributed by atoms with Gasteiger partial charge in [-0.25, -0.2) is 8.42 Å². The molecule has 3 nitrogen and oxygen atoms in total. The molecular weight excluding hydrogens is 259 g/mol. The number of halogens is 2. The van der Waals surface area contributed by atoms with Crippen LogP contribution in [-0.4, -0.2) is 15.5 Å². The van der Waals surface area contributed by atoms with Gasteiger partial charge in [0.15, 0.2) is 0 Å². The number of ether oxygens (including phenoxy) is 1. The first-order chi connectivity index (χ1) is 6.85. The van der Waals surface area contributed by atoms with Crippen molar-refractivity contribution >= 4 is 31.3 Å². The summed E-state index contributed by atoms with van der Waals surface area (Å²) in [4.78, 5) is 0. The molecule has 0 aromatic heterocycles. The van der Waals surface area contributed by atoms with Crippen LogP contribution in [0.15, 0.2) is 12.1 Å². The van der Waals surface area contributed by atoms with Crippen LogP contribution in [-0.2, 0) is 14.8 Å². The van der Waals surface area contributed by atoms with Gasteiger partial charge < -0.3 is 4.74 Å². The highest BCUT2D eigenvalue weighted by atomic mass is 35.7. The molecule has 15 heavy (non-hydrogen) atoms. The second-order valence-corrected chi connectivity index (χ2v) is 6.22. The maximum atomic E-state index is 11.0. The fourth-order valence-electron chi connectivity index (χ4n) is 1.25. The van der Waals surface area contributed by atoms with Crippen molar-refractivity contribution in [1.29, 1.82) is 0 Å². The van der Waals surface area contributed by atoms with Crippen molar-refractivity contribution in [3.63, 3.8) is 0 Å². The Labute approximate surface area is 98.4 Å². The minimum atomic E-state index is -3.62. The number of hydrogen-bond acceptors (Lipinski definition) is 3. The van der Waals surface area contributed by atoms with Crippen LogP contribution in [0.25, 0.3) is 0 Å². The lowest BCUT2D eigenvalue weighted by molar-refractivity contribution is 0.410. The van der Waals surface area contributed by atoms with Crippen LogP contribution in [0.4, 0.5) is 0 Å². The Morgan fingerprint density at radius 1 is 1.40 bits per heavy atom. The van der Waals surface area contributed by atoms with Gasteiger partial charge in [-0.05, 0) is 24.6 Å². The molecule has 1 aromatic rings. The van der Waals surface area contributed by atoms with Crippen molar-refractivity contribution < 1.29 is 13.2 Å². The van der Waals surface area contributed by atoms with Gasteiger partial charge in [0.2, 0.25) is 9.05 Å². The number of benzene rings is 1. The van der Waals surface area contributed by atoms with Crippen LogP contribution in [0.3, 0.4) is 0 Å². The molecule has 6 heteroatoms. The van der Waals surface area contributed by atoms with E-state index in [0.29, 0.717) is 21.9 Å². The zero-order valence-corrected chi connectivity index (χ0v) is 10.6. The second-order valence-electron chi connectivity index (χ2n) is 3.04. The van der Waals surface area contributed by atoms with Gasteiger partial charge in [-0.2, -0.15) is 0 Å². The highest BCUT2D eigenvalue weighted by Gasteiger charge is 2.16. The largest absolute Gasteiger partial charge is 0.496 e. The van der Waals surface area contributed by atoms with Crippen LogP contribution in [0.2, 0.25) is 5.02 Å². The van der Waals surface area contributed by atoms with E-state index in [4.69, 9.17) is 27.0 Å². The summed E-state index contributed by atoms with van der Waals surface area (Å²) in [5.74, 6) is 0.186. The molecule has 0 N–H and O–H groups in total. The lowest BCUT2D eigenvalue weighted by atomic mass is 10.1. The third kappa shape index (κ3) is 3.26. The summed E-state index contributed by atoms with van der Waals surface area (Å²) < 4.78 is 27.0. The van der Waals surface area contributed by atoms with Crippen molar-refractivity contribution in [1.82, 2.24) is 0 Å². The zero-order valence-electron chi connectivity index (χ0n) is 8.25. The van der Waals surface area contributed by atoms with Gasteiger partial charge in [0.05, 0.1) is 12.9 Å². The number of rotatable bonds is 3. The SMILES string of the molecule is COc1ccc(Cl)c(C)c1CS(=O)(=O)Cl. The van der Waals surface area contributed by atoms with Crippen LogP contribution in [0.1, 0.15) is 11.1 Å². The maximum absolute atomic E-state index is 11.0. The van der Waals surface area contributed by atoms with Gasteiger partial charge in [0.25, 0.3) is 0 Å². The molecule has 0 unspecified atom stereocenters. The van der Waals surface area contributed by atoms with Crippen molar-refractivity contribution in [2.45, 2.75) is 12.7 Å².